The number of ketones is 1. The number of nitro benzene ring substituents is 1. The molecule has 0 N–H and O–H groups in total. The number of aromatic nitrogens is 2. The number of hydrogen-bond acceptors (Lipinski definition) is 4. The summed E-state index contributed by atoms with van der Waals surface area (Å²) < 4.78 is 1.42. The molecule has 9 heteroatoms. The number of Topliss-reactive ketones (excluding diaryl/α,β-unsaturated/α-hetero) is 1. The van der Waals surface area contributed by atoms with Crippen molar-refractivity contribution in [1.29, 1.82) is 0 Å². The summed E-state index contributed by atoms with van der Waals surface area (Å²) in [5.41, 5.74) is 9.94. The first-order valence-electron chi connectivity index (χ1n) is 7.75. The Labute approximate surface area is 158 Å². The van der Waals surface area contributed by atoms with Crippen molar-refractivity contribution in [2.45, 2.75) is 6.92 Å². The first-order valence-corrected chi connectivity index (χ1v) is 8.13. The van der Waals surface area contributed by atoms with Crippen LogP contribution in [-0.2, 0) is 0 Å². The maximum absolute atomic E-state index is 12.5. The van der Waals surface area contributed by atoms with Crippen LogP contribution in [0.5, 0.6) is 0 Å². The van der Waals surface area contributed by atoms with Crippen LogP contribution in [0.1, 0.15) is 16.1 Å². The third-order valence-corrected chi connectivity index (χ3v) is 4.13. The van der Waals surface area contributed by atoms with Gasteiger partial charge in [0.05, 0.1) is 33.1 Å². The van der Waals surface area contributed by atoms with E-state index in [4.69, 9.17) is 17.1 Å². The third-order valence-electron chi connectivity index (χ3n) is 3.89. The van der Waals surface area contributed by atoms with E-state index in [-0.39, 0.29) is 22.5 Å². The second-order valence-electron chi connectivity index (χ2n) is 5.58. The molecule has 3 aromatic rings. The zero-order chi connectivity index (χ0) is 19.6. The van der Waals surface area contributed by atoms with E-state index in [0.29, 0.717) is 16.4 Å². The number of nitro groups is 1. The summed E-state index contributed by atoms with van der Waals surface area (Å²) in [7, 11) is 0. The smallest absolute Gasteiger partial charge is 0.328 e. The molecular weight excluding hydrogens is 370 g/mol. The Morgan fingerprint density at radius 2 is 2.04 bits per heavy atom. The van der Waals surface area contributed by atoms with Gasteiger partial charge in [0.1, 0.15) is 0 Å². The SMILES string of the molecule is Cc1nn(-c2cccc(Cl)c2)c(-c2ccccc2[N+](=O)[O-])c1C(=O)C=[N+]=[N-]. The minimum atomic E-state index is -0.628. The zero-order valence-electron chi connectivity index (χ0n) is 14.0. The molecule has 0 amide bonds. The van der Waals surface area contributed by atoms with Crippen LogP contribution in [0.15, 0.2) is 48.5 Å². The summed E-state index contributed by atoms with van der Waals surface area (Å²) in [6, 6.07) is 12.8. The Bertz CT molecular complexity index is 1120. The highest BCUT2D eigenvalue weighted by molar-refractivity contribution is 6.35. The Balaban J connectivity index is 2.41. The number of rotatable bonds is 5. The predicted molar refractivity (Wildman–Crippen MR) is 99.4 cm³/mol. The van der Waals surface area contributed by atoms with Gasteiger partial charge in [-0.3, -0.25) is 14.9 Å². The van der Waals surface area contributed by atoms with Gasteiger partial charge in [0, 0.05) is 11.1 Å². The molecular formula is C18H12ClN5O3. The summed E-state index contributed by atoms with van der Waals surface area (Å²) in [6.07, 6.45) is 0.727. The average molecular weight is 382 g/mol. The van der Waals surface area contributed by atoms with Crippen LogP contribution < -0.4 is 0 Å². The largest absolute Gasteiger partial charge is 0.361 e. The highest BCUT2D eigenvalue weighted by Gasteiger charge is 2.28. The van der Waals surface area contributed by atoms with Gasteiger partial charge in [-0.2, -0.15) is 9.89 Å². The molecule has 0 unspecified atom stereocenters. The lowest BCUT2D eigenvalue weighted by Crippen LogP contribution is -2.07. The molecule has 134 valence electrons. The van der Waals surface area contributed by atoms with Gasteiger partial charge in [-0.25, -0.2) is 4.68 Å². The van der Waals surface area contributed by atoms with Gasteiger partial charge in [0.25, 0.3) is 11.5 Å². The van der Waals surface area contributed by atoms with E-state index in [1.165, 1.54) is 22.9 Å². The van der Waals surface area contributed by atoms with Gasteiger partial charge in [-0.15, -0.1) is 0 Å². The van der Waals surface area contributed by atoms with Crippen molar-refractivity contribution in [1.82, 2.24) is 9.78 Å². The maximum Gasteiger partial charge on any atom is 0.328 e. The fraction of sp³-hybridized carbons (Fsp3) is 0.0556. The van der Waals surface area contributed by atoms with Crippen molar-refractivity contribution in [2.75, 3.05) is 0 Å². The monoisotopic (exact) mass is 381 g/mol. The van der Waals surface area contributed by atoms with Crippen molar-refractivity contribution >= 4 is 29.3 Å². The minimum Gasteiger partial charge on any atom is -0.361 e. The van der Waals surface area contributed by atoms with Crippen molar-refractivity contribution < 1.29 is 14.5 Å². The molecule has 27 heavy (non-hydrogen) atoms. The molecule has 8 nitrogen and oxygen atoms in total. The summed E-state index contributed by atoms with van der Waals surface area (Å²) in [5, 5.41) is 16.3. The van der Waals surface area contributed by atoms with Crippen LogP contribution >= 0.6 is 11.6 Å². The Morgan fingerprint density at radius 1 is 1.30 bits per heavy atom. The lowest BCUT2D eigenvalue weighted by molar-refractivity contribution is -0.384. The van der Waals surface area contributed by atoms with Gasteiger partial charge in [-0.05, 0) is 31.2 Å². The summed E-state index contributed by atoms with van der Waals surface area (Å²) in [4.78, 5) is 26.2. The molecule has 0 spiro atoms. The van der Waals surface area contributed by atoms with E-state index in [2.05, 4.69) is 9.89 Å². The molecule has 0 radical (unpaired) electrons. The molecule has 0 aliphatic heterocycles. The Hall–Kier alpha value is -3.61. The maximum atomic E-state index is 12.5. The highest BCUT2D eigenvalue weighted by atomic mass is 35.5. The molecule has 2 aromatic carbocycles. The van der Waals surface area contributed by atoms with Crippen LogP contribution in [0, 0.1) is 17.0 Å². The van der Waals surface area contributed by atoms with E-state index >= 15 is 0 Å². The van der Waals surface area contributed by atoms with Gasteiger partial charge < -0.3 is 5.53 Å². The lowest BCUT2D eigenvalue weighted by Gasteiger charge is -2.09. The number of halogens is 1. The number of benzene rings is 2. The predicted octanol–water partition coefficient (Wildman–Crippen LogP) is 3.89. The molecule has 3 rings (SSSR count). The van der Waals surface area contributed by atoms with Gasteiger partial charge in [0.15, 0.2) is 0 Å². The van der Waals surface area contributed by atoms with Crippen LogP contribution in [0.2, 0.25) is 5.02 Å². The molecule has 0 fully saturated rings. The summed E-state index contributed by atoms with van der Waals surface area (Å²) >= 11 is 6.06. The first kappa shape index (κ1) is 18.2. The molecule has 1 heterocycles. The van der Waals surface area contributed by atoms with E-state index in [0.717, 1.165) is 6.21 Å². The van der Waals surface area contributed by atoms with Crippen LogP contribution in [0.4, 0.5) is 5.69 Å². The third kappa shape index (κ3) is 3.39. The number of carbonyl (C=O) groups is 1. The Morgan fingerprint density at radius 3 is 2.70 bits per heavy atom. The number of para-hydroxylation sites is 1. The molecule has 0 saturated heterocycles. The fourth-order valence-electron chi connectivity index (χ4n) is 2.82. The van der Waals surface area contributed by atoms with Gasteiger partial charge in [-0.1, -0.05) is 29.8 Å². The van der Waals surface area contributed by atoms with E-state index in [1.54, 1.807) is 37.3 Å². The highest BCUT2D eigenvalue weighted by Crippen LogP contribution is 2.35. The normalized spacial score (nSPS) is 10.3. The summed E-state index contributed by atoms with van der Waals surface area (Å²) in [5.74, 6) is -0.628. The number of aryl methyl sites for hydroxylation is 1. The summed E-state index contributed by atoms with van der Waals surface area (Å²) in [6.45, 7) is 1.60. The van der Waals surface area contributed by atoms with Crippen molar-refractivity contribution in [3.05, 3.63) is 80.5 Å². The molecule has 0 bridgehead atoms. The molecule has 0 aliphatic carbocycles. The van der Waals surface area contributed by atoms with Crippen molar-refractivity contribution in [3.8, 4) is 16.9 Å². The Kier molecular flexibility index (Phi) is 4.94. The topological polar surface area (TPSA) is 114 Å². The van der Waals surface area contributed by atoms with Gasteiger partial charge >= 0.3 is 6.21 Å². The van der Waals surface area contributed by atoms with Crippen LogP contribution in [-0.4, -0.2) is 31.5 Å². The second kappa shape index (κ2) is 7.33. The quantitative estimate of drug-likeness (QED) is 0.166. The van der Waals surface area contributed by atoms with Gasteiger partial charge in [0.2, 0.25) is 0 Å². The second-order valence-corrected chi connectivity index (χ2v) is 6.02. The van der Waals surface area contributed by atoms with Crippen molar-refractivity contribution in [2.24, 2.45) is 0 Å². The number of carbonyl (C=O) groups excluding carboxylic acids is 1. The molecule has 0 aliphatic rings. The number of hydrogen-bond donors (Lipinski definition) is 0. The molecule has 0 saturated carbocycles. The molecule has 0 atom stereocenters. The fourth-order valence-corrected chi connectivity index (χ4v) is 3.00. The van der Waals surface area contributed by atoms with Crippen LogP contribution in [0.3, 0.4) is 0 Å². The molecule has 1 aromatic heterocycles. The lowest BCUT2D eigenvalue weighted by atomic mass is 10.0. The van der Waals surface area contributed by atoms with Crippen molar-refractivity contribution in [3.63, 3.8) is 0 Å². The average Bonchev–Trinajstić information content (AvgIpc) is 2.99. The minimum absolute atomic E-state index is 0.0991. The van der Waals surface area contributed by atoms with Crippen LogP contribution in [0.25, 0.3) is 22.5 Å². The zero-order valence-corrected chi connectivity index (χ0v) is 14.8. The first-order chi connectivity index (χ1) is 12.9. The standard InChI is InChI=1S/C18H12ClN5O3/c1-11-17(16(25)10-21-20)18(14-7-2-3-8-15(14)24(26)27)23(22-11)13-6-4-5-12(19)9-13/h2-10H,1H3. The van der Waals surface area contributed by atoms with E-state index < -0.39 is 10.7 Å². The van der Waals surface area contributed by atoms with E-state index in [9.17, 15) is 14.9 Å². The van der Waals surface area contributed by atoms with E-state index in [1.807, 2.05) is 0 Å². The number of nitrogens with zero attached hydrogens (tertiary/aromatic N) is 5.